The molecule has 0 saturated carbocycles. The fourth-order valence-electron chi connectivity index (χ4n) is 2.60. The molecule has 0 fully saturated rings. The lowest BCUT2D eigenvalue weighted by Gasteiger charge is -2.08. The molecule has 6 nitrogen and oxygen atoms in total. The third-order valence-electron chi connectivity index (χ3n) is 3.57. The fraction of sp³-hybridized carbons (Fsp3) is 0.176. The van der Waals surface area contributed by atoms with Gasteiger partial charge in [-0.3, -0.25) is 5.32 Å². The first-order valence-electron chi connectivity index (χ1n) is 7.55. The molecule has 0 amide bonds. The van der Waals surface area contributed by atoms with Gasteiger partial charge in [0.1, 0.15) is 16.9 Å². The standard InChI is InChI=1S/C17H14F2N4O2/c1-23(2)8-9-5-11(19)15-13(6-9)21-17(25-15)22-16-20-12-7-10(18)3-4-14(12)24-16/h3-7H,8H2,1-2H3,(H,20,21,22). The van der Waals surface area contributed by atoms with Crippen LogP contribution >= 0.6 is 0 Å². The van der Waals surface area contributed by atoms with Crippen LogP contribution in [0.3, 0.4) is 0 Å². The highest BCUT2D eigenvalue weighted by molar-refractivity contribution is 5.78. The van der Waals surface area contributed by atoms with Gasteiger partial charge in [-0.15, -0.1) is 0 Å². The average molecular weight is 344 g/mol. The Morgan fingerprint density at radius 3 is 2.56 bits per heavy atom. The van der Waals surface area contributed by atoms with Gasteiger partial charge >= 0.3 is 12.0 Å². The van der Waals surface area contributed by atoms with E-state index in [0.717, 1.165) is 5.56 Å². The highest BCUT2D eigenvalue weighted by Gasteiger charge is 2.15. The second-order valence-electron chi connectivity index (χ2n) is 5.94. The maximum atomic E-state index is 14.2. The summed E-state index contributed by atoms with van der Waals surface area (Å²) in [7, 11) is 3.79. The molecule has 0 aliphatic carbocycles. The predicted molar refractivity (Wildman–Crippen MR) is 88.6 cm³/mol. The quantitative estimate of drug-likeness (QED) is 0.602. The van der Waals surface area contributed by atoms with Crippen LogP contribution in [0.1, 0.15) is 5.56 Å². The van der Waals surface area contributed by atoms with Crippen LogP contribution in [-0.2, 0) is 6.54 Å². The second kappa shape index (κ2) is 5.82. The average Bonchev–Trinajstić information content (AvgIpc) is 3.09. The lowest BCUT2D eigenvalue weighted by atomic mass is 10.2. The first-order chi connectivity index (χ1) is 12.0. The van der Waals surface area contributed by atoms with Crippen LogP contribution in [0.25, 0.3) is 22.2 Å². The molecule has 2 heterocycles. The van der Waals surface area contributed by atoms with Crippen LogP contribution in [0, 0.1) is 11.6 Å². The summed E-state index contributed by atoms with van der Waals surface area (Å²) in [6.07, 6.45) is 0. The van der Waals surface area contributed by atoms with Crippen LogP contribution in [0.4, 0.5) is 20.8 Å². The molecular weight excluding hydrogens is 330 g/mol. The Bertz CT molecular complexity index is 1070. The molecule has 2 aromatic heterocycles. The number of rotatable bonds is 4. The van der Waals surface area contributed by atoms with Gasteiger partial charge < -0.3 is 13.7 Å². The zero-order valence-electron chi connectivity index (χ0n) is 13.5. The van der Waals surface area contributed by atoms with E-state index < -0.39 is 11.6 Å². The number of aromatic nitrogens is 2. The van der Waals surface area contributed by atoms with E-state index in [0.29, 0.717) is 23.2 Å². The van der Waals surface area contributed by atoms with Crippen molar-refractivity contribution in [2.75, 3.05) is 19.4 Å². The summed E-state index contributed by atoms with van der Waals surface area (Å²) in [5, 5.41) is 2.73. The minimum atomic E-state index is -0.491. The zero-order valence-corrected chi connectivity index (χ0v) is 13.5. The Labute approximate surface area is 141 Å². The SMILES string of the molecule is CN(C)Cc1cc(F)c2oc(Nc3nc4cc(F)ccc4o3)nc2c1. The Hall–Kier alpha value is -3.00. The van der Waals surface area contributed by atoms with Crippen molar-refractivity contribution in [3.05, 3.63) is 47.5 Å². The summed E-state index contributed by atoms with van der Waals surface area (Å²) in [6, 6.07) is 7.31. The smallest absolute Gasteiger partial charge is 0.304 e. The third kappa shape index (κ3) is 3.03. The normalized spacial score (nSPS) is 11.7. The molecule has 0 atom stereocenters. The summed E-state index contributed by atoms with van der Waals surface area (Å²) in [5.41, 5.74) is 2.00. The molecule has 0 saturated heterocycles. The lowest BCUT2D eigenvalue weighted by molar-refractivity contribution is 0.401. The molecule has 2 aromatic carbocycles. The highest BCUT2D eigenvalue weighted by atomic mass is 19.1. The Balaban J connectivity index is 1.67. The second-order valence-corrected chi connectivity index (χ2v) is 5.94. The summed E-state index contributed by atoms with van der Waals surface area (Å²) in [6.45, 7) is 0.583. The molecule has 128 valence electrons. The summed E-state index contributed by atoms with van der Waals surface area (Å²) in [4.78, 5) is 10.2. The van der Waals surface area contributed by atoms with Gasteiger partial charge in [0.25, 0.3) is 0 Å². The summed E-state index contributed by atoms with van der Waals surface area (Å²) < 4.78 is 38.2. The number of benzene rings is 2. The first-order valence-corrected chi connectivity index (χ1v) is 7.55. The number of halogens is 2. The van der Waals surface area contributed by atoms with Crippen molar-refractivity contribution >= 4 is 34.2 Å². The van der Waals surface area contributed by atoms with E-state index in [1.165, 1.54) is 24.3 Å². The van der Waals surface area contributed by atoms with Crippen LogP contribution in [0.5, 0.6) is 0 Å². The van der Waals surface area contributed by atoms with Gasteiger partial charge in [-0.05, 0) is 43.9 Å². The number of fused-ring (bicyclic) bond motifs is 2. The Morgan fingerprint density at radius 1 is 1.00 bits per heavy atom. The topological polar surface area (TPSA) is 67.3 Å². The maximum Gasteiger partial charge on any atom is 0.304 e. The van der Waals surface area contributed by atoms with E-state index in [1.807, 2.05) is 19.0 Å². The monoisotopic (exact) mass is 344 g/mol. The van der Waals surface area contributed by atoms with Crippen LogP contribution in [0.15, 0.2) is 39.2 Å². The van der Waals surface area contributed by atoms with Gasteiger partial charge in [0.05, 0.1) is 0 Å². The minimum absolute atomic E-state index is 0.0444. The van der Waals surface area contributed by atoms with E-state index in [9.17, 15) is 8.78 Å². The molecule has 0 bridgehead atoms. The number of nitrogens with zero attached hydrogens (tertiary/aromatic N) is 3. The van der Waals surface area contributed by atoms with Gasteiger partial charge in [0.15, 0.2) is 17.0 Å². The Morgan fingerprint density at radius 2 is 1.76 bits per heavy atom. The van der Waals surface area contributed by atoms with Crippen molar-refractivity contribution in [3.8, 4) is 0 Å². The molecule has 0 aliphatic heterocycles. The molecule has 4 aromatic rings. The van der Waals surface area contributed by atoms with Crippen molar-refractivity contribution in [1.82, 2.24) is 14.9 Å². The number of oxazole rings is 2. The van der Waals surface area contributed by atoms with E-state index in [1.54, 1.807) is 6.07 Å². The van der Waals surface area contributed by atoms with Gasteiger partial charge in [-0.2, -0.15) is 9.97 Å². The highest BCUT2D eigenvalue weighted by Crippen LogP contribution is 2.27. The van der Waals surface area contributed by atoms with Crippen molar-refractivity contribution in [1.29, 1.82) is 0 Å². The molecule has 1 N–H and O–H groups in total. The largest absolute Gasteiger partial charge is 0.423 e. The number of nitrogens with one attached hydrogen (secondary N) is 1. The Kier molecular flexibility index (Phi) is 3.61. The minimum Gasteiger partial charge on any atom is -0.423 e. The molecule has 4 rings (SSSR count). The maximum absolute atomic E-state index is 14.2. The molecular formula is C17H14F2N4O2. The number of hydrogen-bond acceptors (Lipinski definition) is 6. The van der Waals surface area contributed by atoms with Gasteiger partial charge in [-0.25, -0.2) is 8.78 Å². The van der Waals surface area contributed by atoms with E-state index >= 15 is 0 Å². The molecule has 0 radical (unpaired) electrons. The van der Waals surface area contributed by atoms with E-state index in [-0.39, 0.29) is 17.6 Å². The number of anilines is 2. The van der Waals surface area contributed by atoms with Crippen molar-refractivity contribution in [2.45, 2.75) is 6.54 Å². The zero-order chi connectivity index (χ0) is 17.6. The predicted octanol–water partition coefficient (Wildman–Crippen LogP) is 4.05. The molecule has 0 spiro atoms. The van der Waals surface area contributed by atoms with Gasteiger partial charge in [-0.1, -0.05) is 0 Å². The summed E-state index contributed by atoms with van der Waals surface area (Å²) in [5.74, 6) is -0.903. The number of hydrogen-bond donors (Lipinski definition) is 1. The summed E-state index contributed by atoms with van der Waals surface area (Å²) >= 11 is 0. The van der Waals surface area contributed by atoms with Crippen LogP contribution in [-0.4, -0.2) is 29.0 Å². The van der Waals surface area contributed by atoms with Crippen molar-refractivity contribution in [3.63, 3.8) is 0 Å². The fourth-order valence-corrected chi connectivity index (χ4v) is 2.60. The molecule has 25 heavy (non-hydrogen) atoms. The van der Waals surface area contributed by atoms with Gasteiger partial charge in [0.2, 0.25) is 0 Å². The van der Waals surface area contributed by atoms with Crippen molar-refractivity contribution < 1.29 is 17.6 Å². The van der Waals surface area contributed by atoms with E-state index in [4.69, 9.17) is 8.83 Å². The molecule has 8 heteroatoms. The van der Waals surface area contributed by atoms with Crippen LogP contribution < -0.4 is 5.32 Å². The third-order valence-corrected chi connectivity index (χ3v) is 3.57. The lowest BCUT2D eigenvalue weighted by Crippen LogP contribution is -2.10. The first kappa shape index (κ1) is 15.5. The van der Waals surface area contributed by atoms with Crippen LogP contribution in [0.2, 0.25) is 0 Å². The van der Waals surface area contributed by atoms with Gasteiger partial charge in [0, 0.05) is 12.6 Å². The molecule has 0 aliphatic rings. The van der Waals surface area contributed by atoms with Crippen molar-refractivity contribution in [2.24, 2.45) is 0 Å². The van der Waals surface area contributed by atoms with E-state index in [2.05, 4.69) is 15.3 Å². The molecule has 0 unspecified atom stereocenters.